The lowest BCUT2D eigenvalue weighted by Gasteiger charge is -2.13. The normalized spacial score (nSPS) is 11.8. The van der Waals surface area contributed by atoms with Gasteiger partial charge in [-0.05, 0) is 66.9 Å². The van der Waals surface area contributed by atoms with Gasteiger partial charge in [0.25, 0.3) is 0 Å². The summed E-state index contributed by atoms with van der Waals surface area (Å²) in [6.07, 6.45) is 0. The van der Waals surface area contributed by atoms with Gasteiger partial charge in [0, 0.05) is 33.0 Å². The van der Waals surface area contributed by atoms with Crippen LogP contribution >= 0.6 is 0 Å². The second-order valence-corrected chi connectivity index (χ2v) is 13.5. The number of benzene rings is 9. The Hall–Kier alpha value is -7.17. The van der Waals surface area contributed by atoms with Gasteiger partial charge in [-0.1, -0.05) is 158 Å². The van der Waals surface area contributed by atoms with Crippen LogP contribution in [-0.2, 0) is 0 Å². The van der Waals surface area contributed by atoms with E-state index in [4.69, 9.17) is 19.4 Å². The van der Waals surface area contributed by atoms with E-state index in [0.29, 0.717) is 17.5 Å². The highest BCUT2D eigenvalue weighted by Crippen LogP contribution is 2.43. The van der Waals surface area contributed by atoms with Crippen molar-refractivity contribution in [3.8, 4) is 45.3 Å². The van der Waals surface area contributed by atoms with Crippen molar-refractivity contribution in [2.45, 2.75) is 0 Å². The molecule has 0 saturated heterocycles. The van der Waals surface area contributed by atoms with Crippen molar-refractivity contribution in [1.82, 2.24) is 15.0 Å². The molecule has 0 amide bonds. The maximum atomic E-state index is 6.83. The first-order chi connectivity index (χ1) is 26.3. The Bertz CT molecular complexity index is 3240. The van der Waals surface area contributed by atoms with E-state index >= 15 is 0 Å². The standard InChI is InChI=1S/C49H29N3O/c1-2-14-30(15-3-1)47-50-48(52-49(51-47)43-29-32-17-5-7-19-34(32)36-21-9-11-23-38(36)43)41-26-13-27-44-45(41)40-25-12-24-39(46(40)53-44)42-28-31-16-4-6-18-33(31)35-20-8-10-22-37(35)42/h1-29H. The lowest BCUT2D eigenvalue weighted by Crippen LogP contribution is -2.01. The van der Waals surface area contributed by atoms with E-state index in [-0.39, 0.29) is 0 Å². The Morgan fingerprint density at radius 3 is 1.51 bits per heavy atom. The SMILES string of the molecule is c1ccc(-c2nc(-c3cc4ccccc4c4ccccc34)nc(-c3cccc4oc5c(-c6cc7ccccc7c7ccccc67)cccc5c34)n2)cc1. The topological polar surface area (TPSA) is 51.8 Å². The summed E-state index contributed by atoms with van der Waals surface area (Å²) >= 11 is 0. The number of aromatic nitrogens is 3. The summed E-state index contributed by atoms with van der Waals surface area (Å²) in [5, 5.41) is 11.5. The van der Waals surface area contributed by atoms with E-state index < -0.39 is 0 Å². The van der Waals surface area contributed by atoms with Gasteiger partial charge in [-0.15, -0.1) is 0 Å². The van der Waals surface area contributed by atoms with E-state index in [1.807, 2.05) is 30.3 Å². The molecule has 11 aromatic rings. The zero-order chi connectivity index (χ0) is 34.9. The Labute approximate surface area is 304 Å². The number of nitrogens with zero attached hydrogens (tertiary/aromatic N) is 3. The molecule has 0 aliphatic rings. The molecule has 2 aromatic heterocycles. The minimum Gasteiger partial charge on any atom is -0.455 e. The molecule has 0 bridgehead atoms. The highest BCUT2D eigenvalue weighted by atomic mass is 16.3. The van der Waals surface area contributed by atoms with Gasteiger partial charge in [-0.25, -0.2) is 15.0 Å². The quantitative estimate of drug-likeness (QED) is 0.174. The molecular weight excluding hydrogens is 647 g/mol. The van der Waals surface area contributed by atoms with Crippen molar-refractivity contribution in [1.29, 1.82) is 0 Å². The number of fused-ring (bicyclic) bond motifs is 9. The molecule has 246 valence electrons. The third kappa shape index (κ3) is 4.66. The van der Waals surface area contributed by atoms with Crippen LogP contribution in [0, 0.1) is 0 Å². The largest absolute Gasteiger partial charge is 0.455 e. The minimum atomic E-state index is 0.598. The molecule has 0 aliphatic heterocycles. The molecule has 0 aliphatic carbocycles. The fourth-order valence-electron chi connectivity index (χ4n) is 8.10. The van der Waals surface area contributed by atoms with Crippen molar-refractivity contribution in [2.24, 2.45) is 0 Å². The summed E-state index contributed by atoms with van der Waals surface area (Å²) < 4.78 is 6.83. The number of hydrogen-bond acceptors (Lipinski definition) is 4. The Kier molecular flexibility index (Phi) is 6.52. The van der Waals surface area contributed by atoms with E-state index in [0.717, 1.165) is 60.5 Å². The van der Waals surface area contributed by atoms with Gasteiger partial charge in [0.15, 0.2) is 17.5 Å². The van der Waals surface area contributed by atoms with Crippen LogP contribution in [0.3, 0.4) is 0 Å². The lowest BCUT2D eigenvalue weighted by molar-refractivity contribution is 0.670. The molecule has 2 heterocycles. The first kappa shape index (κ1) is 29.5. The predicted octanol–water partition coefficient (Wildman–Crippen LogP) is 13.1. The van der Waals surface area contributed by atoms with Gasteiger partial charge in [-0.2, -0.15) is 0 Å². The summed E-state index contributed by atoms with van der Waals surface area (Å²) in [7, 11) is 0. The number of rotatable bonds is 4. The van der Waals surface area contributed by atoms with Gasteiger partial charge in [0.2, 0.25) is 0 Å². The van der Waals surface area contributed by atoms with Gasteiger partial charge in [0.1, 0.15) is 11.2 Å². The van der Waals surface area contributed by atoms with Crippen LogP contribution in [0.5, 0.6) is 0 Å². The summed E-state index contributed by atoms with van der Waals surface area (Å²) in [6.45, 7) is 0. The van der Waals surface area contributed by atoms with Crippen LogP contribution < -0.4 is 0 Å². The lowest BCUT2D eigenvalue weighted by atomic mass is 9.92. The van der Waals surface area contributed by atoms with Crippen LogP contribution in [0.15, 0.2) is 180 Å². The van der Waals surface area contributed by atoms with Gasteiger partial charge in [-0.3, -0.25) is 0 Å². The monoisotopic (exact) mass is 675 g/mol. The van der Waals surface area contributed by atoms with Crippen LogP contribution in [0.1, 0.15) is 0 Å². The summed E-state index contributed by atoms with van der Waals surface area (Å²) in [5.41, 5.74) is 6.61. The summed E-state index contributed by atoms with van der Waals surface area (Å²) in [4.78, 5) is 15.6. The first-order valence-electron chi connectivity index (χ1n) is 17.9. The smallest absolute Gasteiger partial charge is 0.164 e. The molecule has 53 heavy (non-hydrogen) atoms. The fourth-order valence-corrected chi connectivity index (χ4v) is 8.10. The average molecular weight is 676 g/mol. The van der Waals surface area contributed by atoms with E-state index in [1.165, 1.54) is 32.3 Å². The van der Waals surface area contributed by atoms with Crippen molar-refractivity contribution in [3.05, 3.63) is 176 Å². The number of furan rings is 1. The maximum Gasteiger partial charge on any atom is 0.164 e. The van der Waals surface area contributed by atoms with Crippen molar-refractivity contribution in [3.63, 3.8) is 0 Å². The third-order valence-electron chi connectivity index (χ3n) is 10.5. The molecule has 11 rings (SSSR count). The van der Waals surface area contributed by atoms with Gasteiger partial charge in [0.05, 0.1) is 0 Å². The Morgan fingerprint density at radius 1 is 0.321 bits per heavy atom. The Morgan fingerprint density at radius 2 is 0.811 bits per heavy atom. The highest BCUT2D eigenvalue weighted by Gasteiger charge is 2.21. The van der Waals surface area contributed by atoms with Crippen LogP contribution in [0.25, 0.3) is 110 Å². The van der Waals surface area contributed by atoms with E-state index in [2.05, 4.69) is 146 Å². The average Bonchev–Trinajstić information content (AvgIpc) is 3.63. The number of hydrogen-bond donors (Lipinski definition) is 0. The highest BCUT2D eigenvalue weighted by molar-refractivity contribution is 6.20. The van der Waals surface area contributed by atoms with Crippen molar-refractivity contribution < 1.29 is 4.42 Å². The molecule has 0 unspecified atom stereocenters. The number of para-hydroxylation sites is 1. The molecule has 0 spiro atoms. The summed E-state index contributed by atoms with van der Waals surface area (Å²) in [6, 6.07) is 61.5. The van der Waals surface area contributed by atoms with Crippen LogP contribution in [-0.4, -0.2) is 15.0 Å². The zero-order valence-electron chi connectivity index (χ0n) is 28.5. The molecule has 9 aromatic carbocycles. The van der Waals surface area contributed by atoms with Crippen LogP contribution in [0.4, 0.5) is 0 Å². The molecule has 0 radical (unpaired) electrons. The summed E-state index contributed by atoms with van der Waals surface area (Å²) in [5.74, 6) is 1.85. The van der Waals surface area contributed by atoms with E-state index in [9.17, 15) is 0 Å². The molecular formula is C49H29N3O. The van der Waals surface area contributed by atoms with Gasteiger partial charge >= 0.3 is 0 Å². The van der Waals surface area contributed by atoms with Crippen molar-refractivity contribution in [2.75, 3.05) is 0 Å². The second-order valence-electron chi connectivity index (χ2n) is 13.5. The van der Waals surface area contributed by atoms with E-state index in [1.54, 1.807) is 0 Å². The van der Waals surface area contributed by atoms with Gasteiger partial charge < -0.3 is 4.42 Å². The fraction of sp³-hybridized carbons (Fsp3) is 0. The van der Waals surface area contributed by atoms with Crippen LogP contribution in [0.2, 0.25) is 0 Å². The third-order valence-corrected chi connectivity index (χ3v) is 10.5. The predicted molar refractivity (Wildman–Crippen MR) is 219 cm³/mol. The molecule has 0 atom stereocenters. The maximum absolute atomic E-state index is 6.83. The minimum absolute atomic E-state index is 0.598. The van der Waals surface area contributed by atoms with Crippen molar-refractivity contribution >= 4 is 65.0 Å². The molecule has 4 heteroatoms. The molecule has 4 nitrogen and oxygen atoms in total. The second kappa shape index (κ2) is 11.7. The zero-order valence-corrected chi connectivity index (χ0v) is 28.5. The Balaban J connectivity index is 1.18. The molecule has 0 N–H and O–H groups in total. The molecule has 0 fully saturated rings. The first-order valence-corrected chi connectivity index (χ1v) is 17.9. The molecule has 0 saturated carbocycles.